The molecular weight excluding hydrogens is 150 g/mol. The van der Waals surface area contributed by atoms with Crippen molar-refractivity contribution in [2.75, 3.05) is 13.1 Å². The van der Waals surface area contributed by atoms with Crippen LogP contribution >= 0.6 is 0 Å². The van der Waals surface area contributed by atoms with E-state index in [9.17, 15) is 4.79 Å². The second-order valence-corrected chi connectivity index (χ2v) is 4.50. The minimum Gasteiger partial charge on any atom is -0.317 e. The lowest BCUT2D eigenvalue weighted by Gasteiger charge is -2.28. The quantitative estimate of drug-likeness (QED) is 0.650. The second-order valence-electron chi connectivity index (χ2n) is 4.50. The third-order valence-corrected chi connectivity index (χ3v) is 2.59. The Labute approximate surface area is 74.7 Å². The number of hydrogen-bond donors (Lipinski definition) is 1. The summed E-state index contributed by atoms with van der Waals surface area (Å²) in [5.74, 6) is 0.756. The number of piperidine rings is 1. The van der Waals surface area contributed by atoms with E-state index in [1.165, 1.54) is 12.8 Å². The highest BCUT2D eigenvalue weighted by molar-refractivity contribution is 5.57. The van der Waals surface area contributed by atoms with Gasteiger partial charge in [-0.3, -0.25) is 0 Å². The number of rotatable bonds is 3. The van der Waals surface area contributed by atoms with Crippen LogP contribution in [-0.4, -0.2) is 19.4 Å². The smallest absolute Gasteiger partial charge is 0.125 e. The van der Waals surface area contributed by atoms with Gasteiger partial charge in [-0.2, -0.15) is 0 Å². The van der Waals surface area contributed by atoms with Gasteiger partial charge in [-0.15, -0.1) is 0 Å². The minimum absolute atomic E-state index is 0.109. The molecule has 2 heteroatoms. The number of carbonyl (C=O) groups is 1. The highest BCUT2D eigenvalue weighted by Gasteiger charge is 2.23. The number of hydrogen-bond acceptors (Lipinski definition) is 2. The molecule has 0 aromatic heterocycles. The van der Waals surface area contributed by atoms with Crippen LogP contribution in [0.5, 0.6) is 0 Å². The van der Waals surface area contributed by atoms with Crippen molar-refractivity contribution in [2.24, 2.45) is 11.3 Å². The fraction of sp³-hybridized carbons (Fsp3) is 0.900. The molecule has 0 radical (unpaired) electrons. The highest BCUT2D eigenvalue weighted by Crippen LogP contribution is 2.27. The van der Waals surface area contributed by atoms with Gasteiger partial charge in [0.25, 0.3) is 0 Å². The van der Waals surface area contributed by atoms with Gasteiger partial charge >= 0.3 is 0 Å². The van der Waals surface area contributed by atoms with Gasteiger partial charge < -0.3 is 10.1 Å². The van der Waals surface area contributed by atoms with E-state index in [0.29, 0.717) is 0 Å². The Morgan fingerprint density at radius 3 is 2.50 bits per heavy atom. The van der Waals surface area contributed by atoms with Crippen molar-refractivity contribution >= 4 is 6.29 Å². The first-order valence-corrected chi connectivity index (χ1v) is 4.81. The molecular formula is C10H19NO. The molecule has 2 nitrogen and oxygen atoms in total. The van der Waals surface area contributed by atoms with Gasteiger partial charge in [0.05, 0.1) is 0 Å². The summed E-state index contributed by atoms with van der Waals surface area (Å²) >= 11 is 0. The van der Waals surface area contributed by atoms with Crippen molar-refractivity contribution in [3.05, 3.63) is 0 Å². The van der Waals surface area contributed by atoms with Crippen LogP contribution in [0.1, 0.15) is 33.1 Å². The van der Waals surface area contributed by atoms with Crippen molar-refractivity contribution in [1.29, 1.82) is 0 Å². The molecule has 70 valence electrons. The molecule has 1 heterocycles. The van der Waals surface area contributed by atoms with E-state index in [2.05, 4.69) is 5.32 Å². The van der Waals surface area contributed by atoms with Gasteiger partial charge in [-0.25, -0.2) is 0 Å². The van der Waals surface area contributed by atoms with E-state index in [1.54, 1.807) is 0 Å². The maximum absolute atomic E-state index is 10.7. The van der Waals surface area contributed by atoms with Crippen LogP contribution in [0, 0.1) is 11.3 Å². The topological polar surface area (TPSA) is 29.1 Å². The summed E-state index contributed by atoms with van der Waals surface area (Å²) in [5.41, 5.74) is -0.109. The zero-order chi connectivity index (χ0) is 9.03. The standard InChI is InChI=1S/C10H19NO/c1-10(2,8-12)7-9-3-5-11-6-4-9/h8-9,11H,3-7H2,1-2H3. The van der Waals surface area contributed by atoms with Crippen molar-refractivity contribution < 1.29 is 4.79 Å². The predicted octanol–water partition coefficient (Wildman–Crippen LogP) is 1.60. The average Bonchev–Trinajstić information content (AvgIpc) is 2.06. The molecule has 1 fully saturated rings. The molecule has 1 rings (SSSR count). The Kier molecular flexibility index (Phi) is 3.27. The number of carbonyl (C=O) groups excluding carboxylic acids is 1. The van der Waals surface area contributed by atoms with Gasteiger partial charge in [0.2, 0.25) is 0 Å². The fourth-order valence-electron chi connectivity index (χ4n) is 1.88. The van der Waals surface area contributed by atoms with Crippen LogP contribution in [0.4, 0.5) is 0 Å². The van der Waals surface area contributed by atoms with E-state index >= 15 is 0 Å². The van der Waals surface area contributed by atoms with Crippen molar-refractivity contribution in [1.82, 2.24) is 5.32 Å². The molecule has 1 aliphatic heterocycles. The van der Waals surface area contributed by atoms with Crippen molar-refractivity contribution in [3.63, 3.8) is 0 Å². The van der Waals surface area contributed by atoms with Gasteiger partial charge in [0.1, 0.15) is 6.29 Å². The van der Waals surface area contributed by atoms with Gasteiger partial charge in [-0.1, -0.05) is 13.8 Å². The first kappa shape index (κ1) is 9.72. The molecule has 0 amide bonds. The molecule has 0 spiro atoms. The normalized spacial score (nSPS) is 20.8. The number of nitrogens with one attached hydrogen (secondary N) is 1. The zero-order valence-corrected chi connectivity index (χ0v) is 8.10. The molecule has 1 N–H and O–H groups in total. The zero-order valence-electron chi connectivity index (χ0n) is 8.10. The molecule has 0 unspecified atom stereocenters. The largest absolute Gasteiger partial charge is 0.317 e. The van der Waals surface area contributed by atoms with Crippen LogP contribution in [-0.2, 0) is 4.79 Å². The van der Waals surface area contributed by atoms with E-state index in [-0.39, 0.29) is 5.41 Å². The van der Waals surface area contributed by atoms with Crippen molar-refractivity contribution in [2.45, 2.75) is 33.1 Å². The van der Waals surface area contributed by atoms with Gasteiger partial charge in [0, 0.05) is 5.41 Å². The second kappa shape index (κ2) is 4.04. The molecule has 0 aromatic rings. The maximum atomic E-state index is 10.7. The molecule has 0 saturated carbocycles. The lowest BCUT2D eigenvalue weighted by atomic mass is 9.80. The average molecular weight is 169 g/mol. The Hall–Kier alpha value is -0.370. The summed E-state index contributed by atoms with van der Waals surface area (Å²) in [6, 6.07) is 0. The first-order valence-electron chi connectivity index (χ1n) is 4.81. The predicted molar refractivity (Wildman–Crippen MR) is 50.1 cm³/mol. The number of aldehydes is 1. The molecule has 12 heavy (non-hydrogen) atoms. The third-order valence-electron chi connectivity index (χ3n) is 2.59. The van der Waals surface area contributed by atoms with E-state index in [0.717, 1.165) is 31.7 Å². The van der Waals surface area contributed by atoms with E-state index in [4.69, 9.17) is 0 Å². The fourth-order valence-corrected chi connectivity index (χ4v) is 1.88. The molecule has 1 saturated heterocycles. The minimum atomic E-state index is -0.109. The van der Waals surface area contributed by atoms with Crippen LogP contribution < -0.4 is 5.32 Å². The summed E-state index contributed by atoms with van der Waals surface area (Å²) in [7, 11) is 0. The Balaban J connectivity index is 2.33. The van der Waals surface area contributed by atoms with Gasteiger partial charge in [-0.05, 0) is 38.3 Å². The SMILES string of the molecule is CC(C)(C=O)CC1CCNCC1. The third kappa shape index (κ3) is 2.94. The molecule has 0 atom stereocenters. The van der Waals surface area contributed by atoms with Crippen molar-refractivity contribution in [3.8, 4) is 0 Å². The van der Waals surface area contributed by atoms with E-state index < -0.39 is 0 Å². The van der Waals surface area contributed by atoms with E-state index in [1.807, 2.05) is 13.8 Å². The first-order chi connectivity index (χ1) is 5.64. The molecule has 1 aliphatic rings. The summed E-state index contributed by atoms with van der Waals surface area (Å²) in [4.78, 5) is 10.7. The molecule has 0 aliphatic carbocycles. The lowest BCUT2D eigenvalue weighted by Crippen LogP contribution is -2.30. The van der Waals surface area contributed by atoms with Crippen LogP contribution in [0.25, 0.3) is 0 Å². The van der Waals surface area contributed by atoms with Crippen LogP contribution in [0.15, 0.2) is 0 Å². The summed E-state index contributed by atoms with van der Waals surface area (Å²) < 4.78 is 0. The Bertz CT molecular complexity index is 148. The molecule has 0 bridgehead atoms. The molecule has 0 aromatic carbocycles. The Morgan fingerprint density at radius 1 is 1.42 bits per heavy atom. The lowest BCUT2D eigenvalue weighted by molar-refractivity contribution is -0.115. The summed E-state index contributed by atoms with van der Waals surface area (Å²) in [6.45, 7) is 6.31. The van der Waals surface area contributed by atoms with Crippen LogP contribution in [0.3, 0.4) is 0 Å². The Morgan fingerprint density at radius 2 is 2.00 bits per heavy atom. The van der Waals surface area contributed by atoms with Gasteiger partial charge in [0.15, 0.2) is 0 Å². The summed E-state index contributed by atoms with van der Waals surface area (Å²) in [5, 5.41) is 3.33. The highest BCUT2D eigenvalue weighted by atomic mass is 16.1. The summed E-state index contributed by atoms with van der Waals surface area (Å²) in [6.07, 6.45) is 4.61. The van der Waals surface area contributed by atoms with Crippen LogP contribution in [0.2, 0.25) is 0 Å². The maximum Gasteiger partial charge on any atom is 0.125 e. The monoisotopic (exact) mass is 169 g/mol.